The Morgan fingerprint density at radius 1 is 1.05 bits per heavy atom. The second-order valence-electron chi connectivity index (χ2n) is 7.54. The molecule has 2 aromatic heterocycles. The van der Waals surface area contributed by atoms with E-state index in [2.05, 4.69) is 30.9 Å². The fourth-order valence-corrected chi connectivity index (χ4v) is 4.63. The predicted molar refractivity (Wildman–Crippen MR) is 138 cm³/mol. The third kappa shape index (κ3) is 7.50. The smallest absolute Gasteiger partial charge is 0.421 e. The largest absolute Gasteiger partial charge is 0.495 e. The van der Waals surface area contributed by atoms with Gasteiger partial charge in [-0.05, 0) is 43.7 Å². The summed E-state index contributed by atoms with van der Waals surface area (Å²) in [7, 11) is 1.75. The zero-order chi connectivity index (χ0) is 27.7. The number of anilines is 4. The summed E-state index contributed by atoms with van der Waals surface area (Å²) in [5, 5.41) is 7.88. The van der Waals surface area contributed by atoms with E-state index in [4.69, 9.17) is 13.8 Å². The van der Waals surface area contributed by atoms with Crippen molar-refractivity contribution in [2.75, 3.05) is 38.0 Å². The summed E-state index contributed by atoms with van der Waals surface area (Å²) in [6.07, 6.45) is -2.20. The molecular formula is C24H28F3N6O4P. The zero-order valence-corrected chi connectivity index (χ0v) is 22.1. The van der Waals surface area contributed by atoms with Crippen LogP contribution in [0, 0.1) is 0 Å². The number of hydrogen-bond acceptors (Lipinski definition) is 9. The van der Waals surface area contributed by atoms with Gasteiger partial charge in [0, 0.05) is 25.6 Å². The Bertz CT molecular complexity index is 1240. The van der Waals surface area contributed by atoms with Crippen molar-refractivity contribution >= 4 is 37.4 Å². The number of aromatic nitrogens is 3. The normalized spacial score (nSPS) is 11.4. The highest BCUT2D eigenvalue weighted by atomic mass is 31.2. The van der Waals surface area contributed by atoms with Crippen LogP contribution in [0.5, 0.6) is 5.75 Å². The Morgan fingerprint density at radius 2 is 1.79 bits per heavy atom. The molecule has 0 atom stereocenters. The van der Waals surface area contributed by atoms with Crippen molar-refractivity contribution in [2.45, 2.75) is 26.2 Å². The van der Waals surface area contributed by atoms with Crippen LogP contribution < -0.4 is 20.7 Å². The molecule has 14 heteroatoms. The van der Waals surface area contributed by atoms with E-state index in [1.165, 1.54) is 32.5 Å². The molecule has 10 nitrogen and oxygen atoms in total. The molecule has 0 saturated carbocycles. The van der Waals surface area contributed by atoms with Crippen LogP contribution in [0.1, 0.15) is 35.5 Å². The number of ether oxygens (including phenoxy) is 1. The Hall–Kier alpha value is -3.54. The molecule has 0 aliphatic heterocycles. The van der Waals surface area contributed by atoms with E-state index in [1.807, 2.05) is 19.9 Å². The maximum atomic E-state index is 13.7. The molecule has 0 bridgehead atoms. The highest BCUT2D eigenvalue weighted by Gasteiger charge is 2.35. The minimum atomic E-state index is -4.75. The van der Waals surface area contributed by atoms with Crippen molar-refractivity contribution in [3.05, 3.63) is 59.5 Å². The number of carbonyl (C=O) groups is 1. The molecule has 3 N–H and O–H groups in total. The molecule has 3 aromatic rings. The molecule has 38 heavy (non-hydrogen) atoms. The summed E-state index contributed by atoms with van der Waals surface area (Å²) < 4.78 is 58.0. The maximum absolute atomic E-state index is 13.7. The molecule has 1 aromatic carbocycles. The Morgan fingerprint density at radius 3 is 2.42 bits per heavy atom. The third-order valence-electron chi connectivity index (χ3n) is 4.97. The van der Waals surface area contributed by atoms with Crippen LogP contribution >= 0.6 is 8.38 Å². The molecule has 0 aliphatic carbocycles. The first-order valence-corrected chi connectivity index (χ1v) is 12.9. The van der Waals surface area contributed by atoms with Crippen LogP contribution in [0.3, 0.4) is 0 Å². The number of pyridine rings is 1. The van der Waals surface area contributed by atoms with E-state index < -0.39 is 31.8 Å². The van der Waals surface area contributed by atoms with Gasteiger partial charge < -0.3 is 29.7 Å². The van der Waals surface area contributed by atoms with Gasteiger partial charge in [-0.1, -0.05) is 6.07 Å². The predicted octanol–water partition coefficient (Wildman–Crippen LogP) is 5.63. The summed E-state index contributed by atoms with van der Waals surface area (Å²) >= 11 is 0. The molecule has 0 spiro atoms. The minimum absolute atomic E-state index is 0.0454. The maximum Gasteiger partial charge on any atom is 0.421 e. The van der Waals surface area contributed by atoms with Gasteiger partial charge in [-0.25, -0.2) is 9.97 Å². The van der Waals surface area contributed by atoms with Crippen molar-refractivity contribution < 1.29 is 31.8 Å². The quantitative estimate of drug-likeness (QED) is 0.246. The van der Waals surface area contributed by atoms with Crippen LogP contribution in [0.2, 0.25) is 0 Å². The van der Waals surface area contributed by atoms with Crippen molar-refractivity contribution in [3.8, 4) is 5.75 Å². The van der Waals surface area contributed by atoms with Crippen LogP contribution in [0.15, 0.2) is 42.7 Å². The SMILES string of the molecule is CCOP(Cc1ccc(Nc2ncc(C(F)(F)F)c(Nc3cccnc3C(=O)NC)n2)c(OC)c1)OCC. The van der Waals surface area contributed by atoms with Gasteiger partial charge in [0.1, 0.15) is 17.1 Å². The van der Waals surface area contributed by atoms with Crippen molar-refractivity contribution in [1.29, 1.82) is 0 Å². The van der Waals surface area contributed by atoms with Gasteiger partial charge in [0.15, 0.2) is 14.1 Å². The van der Waals surface area contributed by atoms with Crippen LogP contribution in [0.4, 0.5) is 36.3 Å². The molecule has 0 unspecified atom stereocenters. The number of nitrogens with one attached hydrogen (secondary N) is 3. The van der Waals surface area contributed by atoms with Crippen LogP contribution in [0.25, 0.3) is 0 Å². The molecule has 0 fully saturated rings. The van der Waals surface area contributed by atoms with Gasteiger partial charge >= 0.3 is 6.18 Å². The van der Waals surface area contributed by atoms with E-state index in [9.17, 15) is 18.0 Å². The highest BCUT2D eigenvalue weighted by Crippen LogP contribution is 2.43. The first-order chi connectivity index (χ1) is 18.2. The fourth-order valence-electron chi connectivity index (χ4n) is 3.30. The number of benzene rings is 1. The minimum Gasteiger partial charge on any atom is -0.495 e. The Labute approximate surface area is 219 Å². The van der Waals surface area contributed by atoms with Gasteiger partial charge in [0.05, 0.1) is 31.7 Å². The molecule has 3 rings (SSSR count). The lowest BCUT2D eigenvalue weighted by molar-refractivity contribution is -0.137. The van der Waals surface area contributed by atoms with E-state index in [0.717, 1.165) is 5.56 Å². The number of amides is 1. The highest BCUT2D eigenvalue weighted by molar-refractivity contribution is 7.46. The summed E-state index contributed by atoms with van der Waals surface area (Å²) in [4.78, 5) is 24.0. The molecule has 0 saturated heterocycles. The Kier molecular flexibility index (Phi) is 10.2. The van der Waals surface area contributed by atoms with E-state index >= 15 is 0 Å². The number of methoxy groups -OCH3 is 1. The third-order valence-corrected chi connectivity index (χ3v) is 6.68. The molecule has 1 amide bonds. The fraction of sp³-hybridized carbons (Fsp3) is 0.333. The molecule has 2 heterocycles. The van der Waals surface area contributed by atoms with Gasteiger partial charge in [-0.3, -0.25) is 4.79 Å². The number of carbonyl (C=O) groups excluding carboxylic acids is 1. The summed E-state index contributed by atoms with van der Waals surface area (Å²) in [6, 6.07) is 8.22. The molecule has 0 radical (unpaired) electrons. The topological polar surface area (TPSA) is 120 Å². The lowest BCUT2D eigenvalue weighted by atomic mass is 10.2. The molecule has 204 valence electrons. The standard InChI is InChI=1S/C24H28F3N6O4P/c1-5-36-38(37-6-2)14-15-9-10-17(19(12-15)35-4)32-23-30-13-16(24(25,26)27)21(33-23)31-18-8-7-11-29-20(18)22(34)28-3/h7-13H,5-6,14H2,1-4H3,(H,28,34)(H2,30,31,32,33). The summed E-state index contributed by atoms with van der Waals surface area (Å²) in [6.45, 7) is 4.83. The number of halogens is 3. The van der Waals surface area contributed by atoms with Gasteiger partial charge in [0.25, 0.3) is 5.91 Å². The Balaban J connectivity index is 1.92. The van der Waals surface area contributed by atoms with Gasteiger partial charge in [-0.15, -0.1) is 0 Å². The van der Waals surface area contributed by atoms with E-state index in [-0.39, 0.29) is 17.3 Å². The monoisotopic (exact) mass is 552 g/mol. The van der Waals surface area contributed by atoms with Crippen LogP contribution in [-0.2, 0) is 21.4 Å². The first kappa shape index (κ1) is 29.0. The number of alkyl halides is 3. The van der Waals surface area contributed by atoms with Crippen molar-refractivity contribution in [1.82, 2.24) is 20.3 Å². The molecular weight excluding hydrogens is 524 g/mol. The number of nitrogens with zero attached hydrogens (tertiary/aromatic N) is 3. The lowest BCUT2D eigenvalue weighted by Gasteiger charge is -2.18. The average molecular weight is 552 g/mol. The summed E-state index contributed by atoms with van der Waals surface area (Å²) in [5.74, 6) is -0.820. The second-order valence-corrected chi connectivity index (χ2v) is 9.04. The summed E-state index contributed by atoms with van der Waals surface area (Å²) in [5.41, 5.74) is 0.176. The zero-order valence-electron chi connectivity index (χ0n) is 21.2. The second kappa shape index (κ2) is 13.3. The van der Waals surface area contributed by atoms with E-state index in [1.54, 1.807) is 12.1 Å². The molecule has 0 aliphatic rings. The van der Waals surface area contributed by atoms with E-state index in [0.29, 0.717) is 37.0 Å². The van der Waals surface area contributed by atoms with Gasteiger partial charge in [0.2, 0.25) is 5.95 Å². The van der Waals surface area contributed by atoms with Crippen molar-refractivity contribution in [3.63, 3.8) is 0 Å². The lowest BCUT2D eigenvalue weighted by Crippen LogP contribution is -2.21. The van der Waals surface area contributed by atoms with Gasteiger partial charge in [-0.2, -0.15) is 18.2 Å². The average Bonchev–Trinajstić information content (AvgIpc) is 2.89. The first-order valence-electron chi connectivity index (χ1n) is 11.6. The van der Waals surface area contributed by atoms with Crippen molar-refractivity contribution in [2.24, 2.45) is 0 Å². The van der Waals surface area contributed by atoms with Crippen LogP contribution in [-0.4, -0.2) is 48.2 Å². The number of rotatable bonds is 12. The number of hydrogen-bond donors (Lipinski definition) is 3.